The van der Waals surface area contributed by atoms with E-state index in [1.807, 2.05) is 30.3 Å². The van der Waals surface area contributed by atoms with Gasteiger partial charge < -0.3 is 4.74 Å². The van der Waals surface area contributed by atoms with E-state index in [9.17, 15) is 9.18 Å². The van der Waals surface area contributed by atoms with E-state index in [1.165, 1.54) is 24.2 Å². The maximum absolute atomic E-state index is 14.3. The van der Waals surface area contributed by atoms with E-state index in [1.54, 1.807) is 23.1 Å². The molecule has 32 heavy (non-hydrogen) atoms. The number of thioether (sulfide) groups is 1. The lowest BCUT2D eigenvalue weighted by atomic mass is 9.94. The molecule has 2 aromatic carbocycles. The number of rotatable bonds is 6. The first-order chi connectivity index (χ1) is 15.5. The van der Waals surface area contributed by atoms with E-state index < -0.39 is 0 Å². The van der Waals surface area contributed by atoms with Crippen LogP contribution in [-0.4, -0.2) is 28.6 Å². The molecule has 1 aliphatic heterocycles. The van der Waals surface area contributed by atoms with Crippen LogP contribution in [0.3, 0.4) is 0 Å². The number of amides is 1. The molecule has 168 valence electrons. The average molecular weight is 453 g/mol. The number of halogens is 1. The SMILES string of the molecule is CC(C)COc1ccc(/C=C2/SC(=Nc3ccccc3F)N(C3CCCCC3)C2=O)cc1. The van der Waals surface area contributed by atoms with Crippen molar-refractivity contribution in [2.45, 2.75) is 52.0 Å². The standard InChI is InChI=1S/C26H29FN2O2S/c1-18(2)17-31-21-14-12-19(13-15-21)16-24-25(30)29(20-8-4-3-5-9-20)26(32-24)28-23-11-7-6-10-22(23)27/h6-7,10-16,18,20H,3-5,8-9,17H2,1-2H3/b24-16+,28-26?. The predicted molar refractivity (Wildman–Crippen MR) is 130 cm³/mol. The summed E-state index contributed by atoms with van der Waals surface area (Å²) in [6.07, 6.45) is 7.19. The van der Waals surface area contributed by atoms with Crippen molar-refractivity contribution in [2.75, 3.05) is 6.61 Å². The van der Waals surface area contributed by atoms with Crippen LogP contribution >= 0.6 is 11.8 Å². The van der Waals surface area contributed by atoms with E-state index in [4.69, 9.17) is 4.74 Å². The molecule has 1 saturated heterocycles. The van der Waals surface area contributed by atoms with Crippen molar-refractivity contribution in [3.8, 4) is 5.75 Å². The number of carbonyl (C=O) groups excluding carboxylic acids is 1. The van der Waals surface area contributed by atoms with Crippen LogP contribution in [0.1, 0.15) is 51.5 Å². The van der Waals surface area contributed by atoms with Gasteiger partial charge in [-0.25, -0.2) is 9.38 Å². The van der Waals surface area contributed by atoms with Gasteiger partial charge in [0.2, 0.25) is 0 Å². The Bertz CT molecular complexity index is 1010. The molecule has 1 saturated carbocycles. The van der Waals surface area contributed by atoms with Gasteiger partial charge in [-0.2, -0.15) is 0 Å². The Labute approximate surface area is 193 Å². The monoisotopic (exact) mass is 452 g/mol. The summed E-state index contributed by atoms with van der Waals surface area (Å²) < 4.78 is 20.0. The Balaban J connectivity index is 1.60. The number of para-hydroxylation sites is 1. The highest BCUT2D eigenvalue weighted by Crippen LogP contribution is 2.38. The number of ether oxygens (including phenoxy) is 1. The topological polar surface area (TPSA) is 41.9 Å². The highest BCUT2D eigenvalue weighted by Gasteiger charge is 2.38. The van der Waals surface area contributed by atoms with Crippen LogP contribution < -0.4 is 4.74 Å². The second kappa shape index (κ2) is 10.3. The summed E-state index contributed by atoms with van der Waals surface area (Å²) >= 11 is 1.33. The molecule has 0 radical (unpaired) electrons. The third-order valence-electron chi connectivity index (χ3n) is 5.61. The Hall–Kier alpha value is -2.60. The molecule has 1 amide bonds. The van der Waals surface area contributed by atoms with Crippen molar-refractivity contribution in [1.82, 2.24) is 4.90 Å². The predicted octanol–water partition coefficient (Wildman–Crippen LogP) is 6.80. The first-order valence-electron chi connectivity index (χ1n) is 11.3. The van der Waals surface area contributed by atoms with Crippen LogP contribution in [0.15, 0.2) is 58.4 Å². The summed E-state index contributed by atoms with van der Waals surface area (Å²) in [5.41, 5.74) is 1.19. The summed E-state index contributed by atoms with van der Waals surface area (Å²) in [6, 6.07) is 14.3. The van der Waals surface area contributed by atoms with E-state index in [-0.39, 0.29) is 23.5 Å². The first-order valence-corrected chi connectivity index (χ1v) is 12.1. The number of hydrogen-bond donors (Lipinski definition) is 0. The largest absolute Gasteiger partial charge is 0.493 e. The van der Waals surface area contributed by atoms with E-state index >= 15 is 0 Å². The maximum Gasteiger partial charge on any atom is 0.267 e. The molecule has 2 aliphatic rings. The van der Waals surface area contributed by atoms with Gasteiger partial charge in [0.25, 0.3) is 5.91 Å². The van der Waals surface area contributed by atoms with Crippen molar-refractivity contribution in [1.29, 1.82) is 0 Å². The van der Waals surface area contributed by atoms with Gasteiger partial charge in [0.15, 0.2) is 5.17 Å². The highest BCUT2D eigenvalue weighted by molar-refractivity contribution is 8.18. The molecule has 2 fully saturated rings. The number of amidine groups is 1. The number of nitrogens with zero attached hydrogens (tertiary/aromatic N) is 2. The number of benzene rings is 2. The molecule has 4 rings (SSSR count). The fourth-order valence-electron chi connectivity index (χ4n) is 3.95. The lowest BCUT2D eigenvalue weighted by molar-refractivity contribution is -0.124. The van der Waals surface area contributed by atoms with E-state index in [0.29, 0.717) is 22.6 Å². The van der Waals surface area contributed by atoms with Gasteiger partial charge in [0, 0.05) is 6.04 Å². The molecule has 0 N–H and O–H groups in total. The Morgan fingerprint density at radius 1 is 1.12 bits per heavy atom. The molecule has 4 nitrogen and oxygen atoms in total. The third kappa shape index (κ3) is 5.41. The molecule has 2 aromatic rings. The summed E-state index contributed by atoms with van der Waals surface area (Å²) in [7, 11) is 0. The van der Waals surface area contributed by atoms with Crippen molar-refractivity contribution in [3.05, 3.63) is 64.8 Å². The second-order valence-electron chi connectivity index (χ2n) is 8.70. The van der Waals surface area contributed by atoms with Crippen LogP contribution in [0.2, 0.25) is 0 Å². The van der Waals surface area contributed by atoms with Gasteiger partial charge in [0.1, 0.15) is 17.3 Å². The minimum absolute atomic E-state index is 0.0443. The minimum Gasteiger partial charge on any atom is -0.493 e. The Morgan fingerprint density at radius 3 is 2.53 bits per heavy atom. The number of aliphatic imine (C=N–C) groups is 1. The lowest BCUT2D eigenvalue weighted by Gasteiger charge is -2.30. The zero-order valence-corrected chi connectivity index (χ0v) is 19.4. The quantitative estimate of drug-likeness (QED) is 0.453. The molecule has 1 heterocycles. The highest BCUT2D eigenvalue weighted by atomic mass is 32.2. The van der Waals surface area contributed by atoms with Gasteiger partial charge >= 0.3 is 0 Å². The van der Waals surface area contributed by atoms with Crippen LogP contribution in [0, 0.1) is 11.7 Å². The molecule has 0 aromatic heterocycles. The summed E-state index contributed by atoms with van der Waals surface area (Å²) in [5, 5.41) is 0.565. The van der Waals surface area contributed by atoms with Crippen LogP contribution in [-0.2, 0) is 4.79 Å². The van der Waals surface area contributed by atoms with E-state index in [2.05, 4.69) is 18.8 Å². The third-order valence-corrected chi connectivity index (χ3v) is 6.59. The summed E-state index contributed by atoms with van der Waals surface area (Å²) in [5.74, 6) is 0.849. The fourth-order valence-corrected chi connectivity index (χ4v) is 5.00. The van der Waals surface area contributed by atoms with Gasteiger partial charge in [-0.1, -0.05) is 57.4 Å². The van der Waals surface area contributed by atoms with Gasteiger partial charge in [-0.15, -0.1) is 0 Å². The second-order valence-corrected chi connectivity index (χ2v) is 9.71. The van der Waals surface area contributed by atoms with Crippen LogP contribution in [0.5, 0.6) is 5.75 Å². The number of carbonyl (C=O) groups is 1. The molecular weight excluding hydrogens is 423 g/mol. The minimum atomic E-state index is -0.383. The number of hydrogen-bond acceptors (Lipinski definition) is 4. The molecule has 0 bridgehead atoms. The lowest BCUT2D eigenvalue weighted by Crippen LogP contribution is -2.40. The van der Waals surface area contributed by atoms with Crippen molar-refractivity contribution < 1.29 is 13.9 Å². The van der Waals surface area contributed by atoms with E-state index in [0.717, 1.165) is 37.0 Å². The van der Waals surface area contributed by atoms with Gasteiger partial charge in [-0.3, -0.25) is 9.69 Å². The van der Waals surface area contributed by atoms with Crippen molar-refractivity contribution >= 4 is 34.6 Å². The van der Waals surface area contributed by atoms with Gasteiger partial charge in [0.05, 0.1) is 11.5 Å². The molecule has 6 heteroatoms. The fraction of sp³-hybridized carbons (Fsp3) is 0.385. The zero-order chi connectivity index (χ0) is 22.5. The Morgan fingerprint density at radius 2 is 1.84 bits per heavy atom. The molecular formula is C26H29FN2O2S. The summed E-state index contributed by atoms with van der Waals surface area (Å²) in [4.78, 5) is 20.3. The van der Waals surface area contributed by atoms with Crippen LogP contribution in [0.25, 0.3) is 6.08 Å². The average Bonchev–Trinajstić information content (AvgIpc) is 3.10. The van der Waals surface area contributed by atoms with Crippen LogP contribution in [0.4, 0.5) is 10.1 Å². The Kier molecular flexibility index (Phi) is 7.30. The first kappa shape index (κ1) is 22.6. The normalized spacial score (nSPS) is 20.0. The van der Waals surface area contributed by atoms with Gasteiger partial charge in [-0.05, 0) is 66.4 Å². The van der Waals surface area contributed by atoms with Crippen molar-refractivity contribution in [2.24, 2.45) is 10.9 Å². The molecule has 0 atom stereocenters. The zero-order valence-electron chi connectivity index (χ0n) is 18.6. The van der Waals surface area contributed by atoms with Crippen molar-refractivity contribution in [3.63, 3.8) is 0 Å². The molecule has 0 unspecified atom stereocenters. The maximum atomic E-state index is 14.3. The smallest absolute Gasteiger partial charge is 0.267 e. The molecule has 1 aliphatic carbocycles. The molecule has 0 spiro atoms. The summed E-state index contributed by atoms with van der Waals surface area (Å²) in [6.45, 7) is 4.89.